The fraction of sp³-hybridized carbons (Fsp3) is 1.00. The first kappa shape index (κ1) is 12.3. The lowest BCUT2D eigenvalue weighted by atomic mass is 9.90. The Morgan fingerprint density at radius 1 is 1.33 bits per heavy atom. The van der Waals surface area contributed by atoms with Crippen LogP contribution in [-0.2, 0) is 0 Å². The van der Waals surface area contributed by atoms with Gasteiger partial charge in [0.25, 0.3) is 0 Å². The van der Waals surface area contributed by atoms with Gasteiger partial charge in [-0.1, -0.05) is 27.7 Å². The van der Waals surface area contributed by atoms with Crippen molar-refractivity contribution in [3.05, 3.63) is 0 Å². The maximum atomic E-state index is 3.49. The Morgan fingerprint density at radius 2 is 1.92 bits per heavy atom. The molecule has 0 heterocycles. The van der Waals surface area contributed by atoms with Crippen molar-refractivity contribution in [3.63, 3.8) is 0 Å². The minimum Gasteiger partial charge on any atom is -0.314 e. The number of hydrogen-bond acceptors (Lipinski definition) is 2. The molecule has 0 rings (SSSR count). The third-order valence-electron chi connectivity index (χ3n) is 1.97. The van der Waals surface area contributed by atoms with Crippen molar-refractivity contribution >= 4 is 11.8 Å². The van der Waals surface area contributed by atoms with Crippen molar-refractivity contribution in [1.29, 1.82) is 0 Å². The molecule has 0 radical (unpaired) electrons. The average Bonchev–Trinajstić information content (AvgIpc) is 1.98. The van der Waals surface area contributed by atoms with Gasteiger partial charge >= 0.3 is 0 Å². The second-order valence-corrected chi connectivity index (χ2v) is 5.43. The van der Waals surface area contributed by atoms with Crippen LogP contribution in [-0.4, -0.2) is 24.6 Å². The van der Waals surface area contributed by atoms with Gasteiger partial charge in [-0.05, 0) is 23.8 Å². The van der Waals surface area contributed by atoms with Crippen LogP contribution >= 0.6 is 11.8 Å². The molecule has 0 saturated heterocycles. The summed E-state index contributed by atoms with van der Waals surface area (Å²) in [5.41, 5.74) is 0.452. The highest BCUT2D eigenvalue weighted by molar-refractivity contribution is 7.98. The van der Waals surface area contributed by atoms with Crippen LogP contribution in [0.4, 0.5) is 0 Å². The molecule has 0 fully saturated rings. The molecule has 0 aromatic rings. The van der Waals surface area contributed by atoms with Gasteiger partial charge in [0.1, 0.15) is 0 Å². The molecule has 1 nitrogen and oxygen atoms in total. The summed E-state index contributed by atoms with van der Waals surface area (Å²) in [5.74, 6) is 1.27. The summed E-state index contributed by atoms with van der Waals surface area (Å²) in [7, 11) is 0. The first-order valence-corrected chi connectivity index (χ1v) is 6.09. The monoisotopic (exact) mass is 189 g/mol. The highest BCUT2D eigenvalue weighted by Crippen LogP contribution is 2.21. The third-order valence-corrected chi connectivity index (χ3v) is 2.58. The first-order chi connectivity index (χ1) is 5.48. The van der Waals surface area contributed by atoms with E-state index in [1.54, 1.807) is 0 Å². The Balaban J connectivity index is 3.56. The van der Waals surface area contributed by atoms with Gasteiger partial charge in [0.05, 0.1) is 0 Å². The molecular weight excluding hydrogens is 166 g/mol. The number of nitrogens with one attached hydrogen (secondary N) is 1. The largest absolute Gasteiger partial charge is 0.314 e. The van der Waals surface area contributed by atoms with E-state index < -0.39 is 0 Å². The molecule has 0 saturated carbocycles. The van der Waals surface area contributed by atoms with Crippen LogP contribution in [0, 0.1) is 5.41 Å². The summed E-state index contributed by atoms with van der Waals surface area (Å²) in [4.78, 5) is 0. The van der Waals surface area contributed by atoms with E-state index in [0.29, 0.717) is 11.5 Å². The van der Waals surface area contributed by atoms with E-state index in [2.05, 4.69) is 39.3 Å². The topological polar surface area (TPSA) is 12.0 Å². The molecule has 0 bridgehead atoms. The normalized spacial score (nSPS) is 12.5. The van der Waals surface area contributed by atoms with Gasteiger partial charge in [0.2, 0.25) is 0 Å². The van der Waals surface area contributed by atoms with Crippen molar-refractivity contribution in [2.45, 2.75) is 40.2 Å². The third kappa shape index (κ3) is 6.99. The lowest BCUT2D eigenvalue weighted by Gasteiger charge is -2.25. The summed E-state index contributed by atoms with van der Waals surface area (Å²) in [6.45, 7) is 10.2. The maximum Gasteiger partial charge on any atom is 0.00106 e. The second kappa shape index (κ2) is 5.87. The zero-order valence-electron chi connectivity index (χ0n) is 9.11. The maximum absolute atomic E-state index is 3.49. The number of rotatable bonds is 6. The SMILES string of the molecule is CSCCC(C)(C)CNC(C)C. The summed E-state index contributed by atoms with van der Waals surface area (Å²) in [6.07, 6.45) is 3.47. The standard InChI is InChI=1S/C10H23NS/c1-9(2)11-8-10(3,4)6-7-12-5/h9,11H,6-8H2,1-5H3. The lowest BCUT2D eigenvalue weighted by Crippen LogP contribution is -2.34. The Kier molecular flexibility index (Phi) is 6.02. The van der Waals surface area contributed by atoms with Crippen molar-refractivity contribution in [3.8, 4) is 0 Å². The van der Waals surface area contributed by atoms with Crippen LogP contribution in [0.3, 0.4) is 0 Å². The molecule has 12 heavy (non-hydrogen) atoms. The highest BCUT2D eigenvalue weighted by atomic mass is 32.2. The minimum atomic E-state index is 0.452. The molecule has 74 valence electrons. The van der Waals surface area contributed by atoms with Gasteiger partial charge in [-0.25, -0.2) is 0 Å². The van der Waals surface area contributed by atoms with E-state index in [0.717, 1.165) is 6.54 Å². The predicted molar refractivity (Wildman–Crippen MR) is 59.9 cm³/mol. The molecule has 0 aliphatic carbocycles. The Labute approximate surface area is 81.7 Å². The lowest BCUT2D eigenvalue weighted by molar-refractivity contribution is 0.319. The summed E-state index contributed by atoms with van der Waals surface area (Å²) in [5, 5.41) is 3.49. The van der Waals surface area contributed by atoms with Crippen LogP contribution in [0.15, 0.2) is 0 Å². The molecular formula is C10H23NS. The van der Waals surface area contributed by atoms with Crippen molar-refractivity contribution in [2.24, 2.45) is 5.41 Å². The molecule has 0 atom stereocenters. The summed E-state index contributed by atoms with van der Waals surface area (Å²) >= 11 is 1.93. The number of thioether (sulfide) groups is 1. The molecule has 0 amide bonds. The molecule has 0 aliphatic rings. The van der Waals surface area contributed by atoms with Gasteiger partial charge in [-0.15, -0.1) is 0 Å². The molecule has 1 N–H and O–H groups in total. The minimum absolute atomic E-state index is 0.452. The van der Waals surface area contributed by atoms with Gasteiger partial charge < -0.3 is 5.32 Å². The fourth-order valence-electron chi connectivity index (χ4n) is 0.947. The molecule has 2 heteroatoms. The molecule has 0 spiro atoms. The summed E-state index contributed by atoms with van der Waals surface area (Å²) < 4.78 is 0. The Morgan fingerprint density at radius 3 is 2.33 bits per heavy atom. The van der Waals surface area contributed by atoms with Crippen molar-refractivity contribution < 1.29 is 0 Å². The number of hydrogen-bond donors (Lipinski definition) is 1. The van der Waals surface area contributed by atoms with Gasteiger partial charge in [0, 0.05) is 12.6 Å². The van der Waals surface area contributed by atoms with Crippen LogP contribution in [0.1, 0.15) is 34.1 Å². The summed E-state index contributed by atoms with van der Waals surface area (Å²) in [6, 6.07) is 0.610. The van der Waals surface area contributed by atoms with Crippen LogP contribution in [0.2, 0.25) is 0 Å². The molecule has 0 aromatic carbocycles. The fourth-order valence-corrected chi connectivity index (χ4v) is 1.70. The van der Waals surface area contributed by atoms with E-state index >= 15 is 0 Å². The molecule has 0 aliphatic heterocycles. The zero-order chi connectivity index (χ0) is 9.61. The van der Waals surface area contributed by atoms with E-state index in [1.807, 2.05) is 11.8 Å². The van der Waals surface area contributed by atoms with Crippen molar-refractivity contribution in [1.82, 2.24) is 5.32 Å². The molecule has 0 aromatic heterocycles. The van der Waals surface area contributed by atoms with Crippen molar-refractivity contribution in [2.75, 3.05) is 18.6 Å². The first-order valence-electron chi connectivity index (χ1n) is 4.70. The van der Waals surface area contributed by atoms with E-state index in [4.69, 9.17) is 0 Å². The van der Waals surface area contributed by atoms with Gasteiger partial charge in [-0.2, -0.15) is 11.8 Å². The Bertz CT molecular complexity index is 110. The second-order valence-electron chi connectivity index (χ2n) is 4.44. The molecule has 0 unspecified atom stereocenters. The van der Waals surface area contributed by atoms with Gasteiger partial charge in [-0.3, -0.25) is 0 Å². The Hall–Kier alpha value is 0.310. The van der Waals surface area contributed by atoms with Crippen LogP contribution in [0.25, 0.3) is 0 Å². The van der Waals surface area contributed by atoms with Crippen LogP contribution in [0.5, 0.6) is 0 Å². The average molecular weight is 189 g/mol. The van der Waals surface area contributed by atoms with E-state index in [9.17, 15) is 0 Å². The smallest absolute Gasteiger partial charge is 0.00106 e. The zero-order valence-corrected chi connectivity index (χ0v) is 9.92. The predicted octanol–water partition coefficient (Wildman–Crippen LogP) is 2.76. The van der Waals surface area contributed by atoms with E-state index in [-0.39, 0.29) is 0 Å². The van der Waals surface area contributed by atoms with E-state index in [1.165, 1.54) is 12.2 Å². The van der Waals surface area contributed by atoms with Gasteiger partial charge in [0.15, 0.2) is 0 Å². The quantitative estimate of drug-likeness (QED) is 0.689. The van der Waals surface area contributed by atoms with Crippen LogP contribution < -0.4 is 5.32 Å². The highest BCUT2D eigenvalue weighted by Gasteiger charge is 2.16.